The van der Waals surface area contributed by atoms with Gasteiger partial charge in [-0.15, -0.1) is 0 Å². The topological polar surface area (TPSA) is 21.3 Å². The van der Waals surface area contributed by atoms with E-state index in [9.17, 15) is 0 Å². The highest BCUT2D eigenvalue weighted by molar-refractivity contribution is 5.28. The molecule has 0 aromatic heterocycles. The molecule has 114 valence electrons. The van der Waals surface area contributed by atoms with E-state index in [1.54, 1.807) is 7.11 Å². The van der Waals surface area contributed by atoms with Gasteiger partial charge in [0.15, 0.2) is 0 Å². The van der Waals surface area contributed by atoms with Gasteiger partial charge in [0.25, 0.3) is 0 Å². The zero-order valence-electron chi connectivity index (χ0n) is 14.0. The van der Waals surface area contributed by atoms with Crippen molar-refractivity contribution in [3.05, 3.63) is 35.4 Å². The molecule has 0 spiro atoms. The first kappa shape index (κ1) is 17.2. The summed E-state index contributed by atoms with van der Waals surface area (Å²) in [6.07, 6.45) is 1.09. The molecule has 1 rings (SSSR count). The second-order valence-electron chi connectivity index (χ2n) is 7.46. The highest BCUT2D eigenvalue weighted by Gasteiger charge is 2.19. The van der Waals surface area contributed by atoms with Crippen molar-refractivity contribution >= 4 is 0 Å². The summed E-state index contributed by atoms with van der Waals surface area (Å²) in [6.45, 7) is 14.1. The minimum atomic E-state index is 0.232. The van der Waals surface area contributed by atoms with Crippen molar-refractivity contribution in [1.82, 2.24) is 5.32 Å². The molecule has 2 nitrogen and oxygen atoms in total. The van der Waals surface area contributed by atoms with E-state index in [1.165, 1.54) is 11.1 Å². The van der Waals surface area contributed by atoms with Crippen LogP contribution in [0.4, 0.5) is 0 Å². The summed E-state index contributed by atoms with van der Waals surface area (Å²) < 4.78 is 5.06. The summed E-state index contributed by atoms with van der Waals surface area (Å²) in [6, 6.07) is 9.09. The van der Waals surface area contributed by atoms with Crippen LogP contribution in [0.15, 0.2) is 24.3 Å². The summed E-state index contributed by atoms with van der Waals surface area (Å²) in [5, 5.41) is 3.46. The third-order valence-electron chi connectivity index (χ3n) is 3.59. The standard InChI is InChI=1S/C18H31NO/c1-17(2,3)16-9-7-15(8-10-16)13-18(4,5)14-19-11-12-20-6/h7-10,19H,11-14H2,1-6H3. The molecule has 0 aliphatic carbocycles. The van der Waals surface area contributed by atoms with E-state index in [4.69, 9.17) is 4.74 Å². The highest BCUT2D eigenvalue weighted by Crippen LogP contribution is 2.25. The minimum Gasteiger partial charge on any atom is -0.383 e. The molecule has 1 N–H and O–H groups in total. The molecule has 1 aromatic carbocycles. The average Bonchev–Trinajstić information content (AvgIpc) is 2.34. The molecule has 0 unspecified atom stereocenters. The van der Waals surface area contributed by atoms with E-state index in [0.717, 1.165) is 26.1 Å². The van der Waals surface area contributed by atoms with Crippen molar-refractivity contribution in [2.24, 2.45) is 5.41 Å². The van der Waals surface area contributed by atoms with Crippen LogP contribution in [0.1, 0.15) is 45.7 Å². The maximum absolute atomic E-state index is 5.06. The van der Waals surface area contributed by atoms with Crippen LogP contribution in [0, 0.1) is 5.41 Å². The van der Waals surface area contributed by atoms with Gasteiger partial charge in [-0.25, -0.2) is 0 Å². The van der Waals surface area contributed by atoms with Gasteiger partial charge >= 0.3 is 0 Å². The second-order valence-corrected chi connectivity index (χ2v) is 7.46. The number of ether oxygens (including phenoxy) is 1. The fourth-order valence-electron chi connectivity index (χ4n) is 2.34. The third-order valence-corrected chi connectivity index (χ3v) is 3.59. The number of benzene rings is 1. The van der Waals surface area contributed by atoms with Gasteiger partial charge in [0.2, 0.25) is 0 Å². The Bertz CT molecular complexity index is 387. The summed E-state index contributed by atoms with van der Waals surface area (Å²) in [4.78, 5) is 0. The van der Waals surface area contributed by atoms with E-state index in [0.29, 0.717) is 0 Å². The van der Waals surface area contributed by atoms with Crippen LogP contribution >= 0.6 is 0 Å². The molecule has 0 saturated heterocycles. The zero-order chi connectivity index (χ0) is 15.2. The van der Waals surface area contributed by atoms with Gasteiger partial charge in [0.1, 0.15) is 0 Å². The molecule has 0 radical (unpaired) electrons. The van der Waals surface area contributed by atoms with Gasteiger partial charge in [-0.2, -0.15) is 0 Å². The van der Waals surface area contributed by atoms with Crippen LogP contribution in [-0.2, 0) is 16.6 Å². The SMILES string of the molecule is COCCNCC(C)(C)Cc1ccc(C(C)(C)C)cc1. The first-order valence-corrected chi connectivity index (χ1v) is 7.54. The summed E-state index contributed by atoms with van der Waals surface area (Å²) in [5.74, 6) is 0. The lowest BCUT2D eigenvalue weighted by atomic mass is 9.83. The van der Waals surface area contributed by atoms with Crippen LogP contribution in [0.3, 0.4) is 0 Å². The molecule has 0 heterocycles. The van der Waals surface area contributed by atoms with Crippen LogP contribution in [0.2, 0.25) is 0 Å². The summed E-state index contributed by atoms with van der Waals surface area (Å²) in [7, 11) is 1.74. The Hall–Kier alpha value is -0.860. The molecule has 0 aliphatic rings. The van der Waals surface area contributed by atoms with Crippen molar-refractivity contribution in [3.8, 4) is 0 Å². The van der Waals surface area contributed by atoms with Crippen molar-refractivity contribution in [3.63, 3.8) is 0 Å². The van der Waals surface area contributed by atoms with Crippen LogP contribution < -0.4 is 5.32 Å². The van der Waals surface area contributed by atoms with Gasteiger partial charge in [-0.3, -0.25) is 0 Å². The molecule has 0 saturated carbocycles. The fourth-order valence-corrected chi connectivity index (χ4v) is 2.34. The van der Waals surface area contributed by atoms with Gasteiger partial charge < -0.3 is 10.1 Å². The number of hydrogen-bond acceptors (Lipinski definition) is 2. The third kappa shape index (κ3) is 6.06. The lowest BCUT2D eigenvalue weighted by Gasteiger charge is -2.26. The lowest BCUT2D eigenvalue weighted by molar-refractivity contribution is 0.194. The summed E-state index contributed by atoms with van der Waals surface area (Å²) >= 11 is 0. The van der Waals surface area contributed by atoms with E-state index in [1.807, 2.05) is 0 Å². The van der Waals surface area contributed by atoms with E-state index >= 15 is 0 Å². The van der Waals surface area contributed by atoms with Crippen LogP contribution in [0.25, 0.3) is 0 Å². The molecule has 2 heteroatoms. The average molecular weight is 277 g/mol. The summed E-state index contributed by atoms with van der Waals surface area (Å²) in [5.41, 5.74) is 3.31. The molecule has 0 atom stereocenters. The Morgan fingerprint density at radius 3 is 2.10 bits per heavy atom. The predicted molar refractivity (Wildman–Crippen MR) is 87.4 cm³/mol. The van der Waals surface area contributed by atoms with Crippen LogP contribution in [-0.4, -0.2) is 26.8 Å². The van der Waals surface area contributed by atoms with Crippen molar-refractivity contribution in [2.45, 2.75) is 46.5 Å². The van der Waals surface area contributed by atoms with Crippen LogP contribution in [0.5, 0.6) is 0 Å². The van der Waals surface area contributed by atoms with Crippen molar-refractivity contribution < 1.29 is 4.74 Å². The fraction of sp³-hybridized carbons (Fsp3) is 0.667. The zero-order valence-corrected chi connectivity index (χ0v) is 14.0. The second kappa shape index (κ2) is 7.24. The van der Waals surface area contributed by atoms with E-state index < -0.39 is 0 Å². The number of hydrogen-bond donors (Lipinski definition) is 1. The number of methoxy groups -OCH3 is 1. The molecule has 0 aliphatic heterocycles. The number of rotatable bonds is 7. The molecular formula is C18H31NO. The maximum Gasteiger partial charge on any atom is 0.0587 e. The Labute approximate surface area is 124 Å². The number of nitrogens with one attached hydrogen (secondary N) is 1. The molecule has 1 aromatic rings. The Morgan fingerprint density at radius 1 is 1.00 bits per heavy atom. The molecular weight excluding hydrogens is 246 g/mol. The van der Waals surface area contributed by atoms with E-state index in [-0.39, 0.29) is 10.8 Å². The quantitative estimate of drug-likeness (QED) is 0.766. The van der Waals surface area contributed by atoms with Gasteiger partial charge in [0.05, 0.1) is 6.61 Å². The van der Waals surface area contributed by atoms with Gasteiger partial charge in [-0.1, -0.05) is 58.9 Å². The molecule has 0 bridgehead atoms. The molecule has 0 fully saturated rings. The Kier molecular flexibility index (Phi) is 6.22. The molecule has 0 amide bonds. The molecule has 20 heavy (non-hydrogen) atoms. The largest absolute Gasteiger partial charge is 0.383 e. The van der Waals surface area contributed by atoms with Crippen molar-refractivity contribution in [1.29, 1.82) is 0 Å². The smallest absolute Gasteiger partial charge is 0.0587 e. The Morgan fingerprint density at radius 2 is 1.60 bits per heavy atom. The normalized spacial score (nSPS) is 12.7. The van der Waals surface area contributed by atoms with Crippen molar-refractivity contribution in [2.75, 3.05) is 26.8 Å². The Balaban J connectivity index is 2.54. The monoisotopic (exact) mass is 277 g/mol. The maximum atomic E-state index is 5.06. The lowest BCUT2D eigenvalue weighted by Crippen LogP contribution is -2.33. The minimum absolute atomic E-state index is 0.232. The predicted octanol–water partition coefficient (Wildman–Crippen LogP) is 3.79. The van der Waals surface area contributed by atoms with E-state index in [2.05, 4.69) is 64.2 Å². The first-order valence-electron chi connectivity index (χ1n) is 7.54. The van der Waals surface area contributed by atoms with Gasteiger partial charge in [-0.05, 0) is 28.4 Å². The highest BCUT2D eigenvalue weighted by atomic mass is 16.5. The van der Waals surface area contributed by atoms with Gasteiger partial charge in [0, 0.05) is 20.2 Å². The first-order chi connectivity index (χ1) is 9.24.